The monoisotopic (exact) mass is 210 g/mol. The lowest BCUT2D eigenvalue weighted by molar-refractivity contribution is 0.187. The van der Waals surface area contributed by atoms with Crippen LogP contribution in [0.5, 0.6) is 0 Å². The lowest BCUT2D eigenvalue weighted by Crippen LogP contribution is -2.04. The number of methoxy groups -OCH3 is 1. The van der Waals surface area contributed by atoms with Crippen molar-refractivity contribution in [3.63, 3.8) is 0 Å². The van der Waals surface area contributed by atoms with Gasteiger partial charge in [0.25, 0.3) is 0 Å². The second-order valence-electron chi connectivity index (χ2n) is 2.71. The van der Waals surface area contributed by atoms with Crippen molar-refractivity contribution in [3.05, 3.63) is 17.2 Å². The minimum atomic E-state index is 0.648. The van der Waals surface area contributed by atoms with Crippen LogP contribution in [0.25, 0.3) is 11.5 Å². The molecule has 0 spiro atoms. The summed E-state index contributed by atoms with van der Waals surface area (Å²) in [6.45, 7) is 1.39. The standard InChI is InChI=1S/C8H10N4OS/c1-13-3-2-12-5-10-11-8(12)7-4-14-6-9-7/h4-6H,2-3H2,1H3. The van der Waals surface area contributed by atoms with Crippen LogP contribution in [-0.2, 0) is 11.3 Å². The molecule has 0 aromatic carbocycles. The molecule has 0 atom stereocenters. The van der Waals surface area contributed by atoms with Gasteiger partial charge in [-0.05, 0) is 0 Å². The van der Waals surface area contributed by atoms with E-state index in [-0.39, 0.29) is 0 Å². The molecule has 5 nitrogen and oxygen atoms in total. The van der Waals surface area contributed by atoms with Crippen molar-refractivity contribution < 1.29 is 4.74 Å². The SMILES string of the molecule is COCCn1cnnc1-c1cscn1. The largest absolute Gasteiger partial charge is 0.383 e. The molecular formula is C8H10N4OS. The predicted octanol–water partition coefficient (Wildman–Crippen LogP) is 1.05. The van der Waals surface area contributed by atoms with Gasteiger partial charge in [-0.25, -0.2) is 4.98 Å². The molecule has 74 valence electrons. The summed E-state index contributed by atoms with van der Waals surface area (Å²) in [5, 5.41) is 9.82. The molecule has 2 aromatic rings. The molecule has 0 bridgehead atoms. The highest BCUT2D eigenvalue weighted by Gasteiger charge is 2.07. The maximum atomic E-state index is 4.99. The molecule has 0 aliphatic carbocycles. The molecule has 0 saturated heterocycles. The van der Waals surface area contributed by atoms with Crippen LogP contribution in [0.15, 0.2) is 17.2 Å². The summed E-state index contributed by atoms with van der Waals surface area (Å²) < 4.78 is 6.92. The first-order valence-corrected chi connectivity index (χ1v) is 5.11. The van der Waals surface area contributed by atoms with E-state index in [0.29, 0.717) is 6.61 Å². The Bertz CT molecular complexity index is 384. The molecule has 0 N–H and O–H groups in total. The molecule has 0 saturated carbocycles. The molecule has 2 heterocycles. The highest BCUT2D eigenvalue weighted by Crippen LogP contribution is 2.15. The zero-order valence-electron chi connectivity index (χ0n) is 7.75. The summed E-state index contributed by atoms with van der Waals surface area (Å²) in [4.78, 5) is 4.18. The van der Waals surface area contributed by atoms with Crippen molar-refractivity contribution in [2.75, 3.05) is 13.7 Å². The van der Waals surface area contributed by atoms with E-state index >= 15 is 0 Å². The summed E-state index contributed by atoms with van der Waals surface area (Å²) in [6, 6.07) is 0. The van der Waals surface area contributed by atoms with E-state index in [1.54, 1.807) is 30.3 Å². The number of rotatable bonds is 4. The average molecular weight is 210 g/mol. The Morgan fingerprint density at radius 3 is 3.21 bits per heavy atom. The Labute approximate surface area is 85.4 Å². The van der Waals surface area contributed by atoms with Gasteiger partial charge in [-0.1, -0.05) is 0 Å². The summed E-state index contributed by atoms with van der Waals surface area (Å²) in [7, 11) is 1.67. The summed E-state index contributed by atoms with van der Waals surface area (Å²) in [5.74, 6) is 0.795. The van der Waals surface area contributed by atoms with Crippen LogP contribution < -0.4 is 0 Å². The molecule has 2 rings (SSSR count). The fourth-order valence-corrected chi connectivity index (χ4v) is 1.66. The topological polar surface area (TPSA) is 52.8 Å². The Balaban J connectivity index is 2.22. The summed E-state index contributed by atoms with van der Waals surface area (Å²) in [5.41, 5.74) is 2.65. The number of hydrogen-bond donors (Lipinski definition) is 0. The van der Waals surface area contributed by atoms with Gasteiger partial charge in [0.1, 0.15) is 12.0 Å². The first-order chi connectivity index (χ1) is 6.92. The van der Waals surface area contributed by atoms with Crippen LogP contribution >= 0.6 is 11.3 Å². The molecule has 0 amide bonds. The zero-order valence-corrected chi connectivity index (χ0v) is 8.57. The molecular weight excluding hydrogens is 200 g/mol. The van der Waals surface area contributed by atoms with E-state index in [9.17, 15) is 0 Å². The van der Waals surface area contributed by atoms with Crippen LogP contribution in [0.4, 0.5) is 0 Å². The van der Waals surface area contributed by atoms with Gasteiger partial charge in [0.05, 0.1) is 12.1 Å². The first-order valence-electron chi connectivity index (χ1n) is 4.17. The van der Waals surface area contributed by atoms with Crippen molar-refractivity contribution in [1.82, 2.24) is 19.7 Å². The summed E-state index contributed by atoms with van der Waals surface area (Å²) in [6.07, 6.45) is 1.69. The molecule has 0 aliphatic heterocycles. The van der Waals surface area contributed by atoms with Crippen molar-refractivity contribution in [3.8, 4) is 11.5 Å². The molecule has 14 heavy (non-hydrogen) atoms. The van der Waals surface area contributed by atoms with Gasteiger partial charge in [-0.15, -0.1) is 21.5 Å². The second-order valence-corrected chi connectivity index (χ2v) is 3.43. The van der Waals surface area contributed by atoms with E-state index in [0.717, 1.165) is 18.1 Å². The van der Waals surface area contributed by atoms with Crippen LogP contribution in [0.3, 0.4) is 0 Å². The maximum absolute atomic E-state index is 4.99. The number of thiazole rings is 1. The van der Waals surface area contributed by atoms with Gasteiger partial charge >= 0.3 is 0 Å². The van der Waals surface area contributed by atoms with E-state index in [4.69, 9.17) is 4.74 Å². The third-order valence-corrected chi connectivity index (χ3v) is 2.40. The number of aromatic nitrogens is 4. The fourth-order valence-electron chi connectivity index (χ4n) is 1.13. The Hall–Kier alpha value is -1.27. The first kappa shape index (κ1) is 9.29. The second kappa shape index (κ2) is 4.30. The Kier molecular flexibility index (Phi) is 2.85. The normalized spacial score (nSPS) is 10.6. The van der Waals surface area contributed by atoms with Gasteiger partial charge in [0, 0.05) is 19.0 Å². The van der Waals surface area contributed by atoms with E-state index < -0.39 is 0 Å². The van der Waals surface area contributed by atoms with Gasteiger partial charge in [-0.3, -0.25) is 0 Å². The molecule has 0 unspecified atom stereocenters. The third-order valence-electron chi connectivity index (χ3n) is 1.81. The highest BCUT2D eigenvalue weighted by atomic mass is 32.1. The fraction of sp³-hybridized carbons (Fsp3) is 0.375. The molecule has 6 heteroatoms. The zero-order chi connectivity index (χ0) is 9.80. The van der Waals surface area contributed by atoms with Crippen molar-refractivity contribution in [2.24, 2.45) is 0 Å². The molecule has 0 radical (unpaired) electrons. The average Bonchev–Trinajstić information content (AvgIpc) is 2.84. The van der Waals surface area contributed by atoms with Crippen LogP contribution in [-0.4, -0.2) is 33.5 Å². The number of nitrogens with zero attached hydrogens (tertiary/aromatic N) is 4. The van der Waals surface area contributed by atoms with Gasteiger partial charge in [0.15, 0.2) is 5.82 Å². The van der Waals surface area contributed by atoms with Gasteiger partial charge in [-0.2, -0.15) is 0 Å². The van der Waals surface area contributed by atoms with Gasteiger partial charge in [0.2, 0.25) is 0 Å². The van der Waals surface area contributed by atoms with Crippen LogP contribution in [0, 0.1) is 0 Å². The quantitative estimate of drug-likeness (QED) is 0.756. The smallest absolute Gasteiger partial charge is 0.183 e. The molecule has 2 aromatic heterocycles. The maximum Gasteiger partial charge on any atom is 0.183 e. The molecule has 0 fully saturated rings. The number of hydrogen-bond acceptors (Lipinski definition) is 5. The lowest BCUT2D eigenvalue weighted by atomic mass is 10.4. The van der Waals surface area contributed by atoms with Crippen molar-refractivity contribution >= 4 is 11.3 Å². The van der Waals surface area contributed by atoms with E-state index in [1.165, 1.54) is 0 Å². The van der Waals surface area contributed by atoms with E-state index in [2.05, 4.69) is 15.2 Å². The van der Waals surface area contributed by atoms with Crippen molar-refractivity contribution in [1.29, 1.82) is 0 Å². The van der Waals surface area contributed by atoms with Crippen molar-refractivity contribution in [2.45, 2.75) is 6.54 Å². The Morgan fingerprint density at radius 1 is 1.57 bits per heavy atom. The van der Waals surface area contributed by atoms with Crippen LogP contribution in [0.1, 0.15) is 0 Å². The minimum Gasteiger partial charge on any atom is -0.383 e. The van der Waals surface area contributed by atoms with E-state index in [1.807, 2.05) is 9.95 Å². The predicted molar refractivity (Wildman–Crippen MR) is 53.0 cm³/mol. The molecule has 0 aliphatic rings. The summed E-state index contributed by atoms with van der Waals surface area (Å²) >= 11 is 1.55. The minimum absolute atomic E-state index is 0.648. The lowest BCUT2D eigenvalue weighted by Gasteiger charge is -2.02. The highest BCUT2D eigenvalue weighted by molar-refractivity contribution is 7.07. The Morgan fingerprint density at radius 2 is 2.50 bits per heavy atom. The third kappa shape index (κ3) is 1.80. The number of ether oxygens (including phenoxy) is 1. The van der Waals surface area contributed by atoms with Gasteiger partial charge < -0.3 is 9.30 Å². The van der Waals surface area contributed by atoms with Crippen LogP contribution in [0.2, 0.25) is 0 Å².